The average Bonchev–Trinajstić information content (AvgIpc) is 2.74. The van der Waals surface area contributed by atoms with Crippen LogP contribution >= 0.6 is 0 Å². The number of carbonyl (C=O) groups is 2. The van der Waals surface area contributed by atoms with Crippen molar-refractivity contribution in [2.45, 2.75) is 30.7 Å². The number of ether oxygens (including phenoxy) is 3. The van der Waals surface area contributed by atoms with E-state index in [0.717, 1.165) is 0 Å². The molecule has 8 heteroatoms. The number of carbonyl (C=O) groups excluding carboxylic acids is 1. The van der Waals surface area contributed by atoms with Gasteiger partial charge in [0.2, 0.25) is 0 Å². The fraction of sp³-hybridized carbons (Fsp3) is 0.467. The van der Waals surface area contributed by atoms with Crippen LogP contribution < -0.4 is 0 Å². The molecular formula is C15H16O8. The molecule has 23 heavy (non-hydrogen) atoms. The zero-order chi connectivity index (χ0) is 16.6. The van der Waals surface area contributed by atoms with Crippen LogP contribution in [0.2, 0.25) is 0 Å². The molecule has 3 rings (SSSR count). The maximum Gasteiger partial charge on any atom is 0.338 e. The van der Waals surface area contributed by atoms with Crippen LogP contribution in [0.3, 0.4) is 0 Å². The molecule has 6 unspecified atom stereocenters. The molecule has 0 radical (unpaired) electrons. The van der Waals surface area contributed by atoms with Gasteiger partial charge >= 0.3 is 11.9 Å². The Kier molecular flexibility index (Phi) is 4.31. The van der Waals surface area contributed by atoms with E-state index < -0.39 is 48.6 Å². The van der Waals surface area contributed by atoms with Crippen molar-refractivity contribution in [1.29, 1.82) is 0 Å². The highest BCUT2D eigenvalue weighted by atomic mass is 16.7. The monoisotopic (exact) mass is 324 g/mol. The van der Waals surface area contributed by atoms with Crippen molar-refractivity contribution in [2.24, 2.45) is 5.92 Å². The summed E-state index contributed by atoms with van der Waals surface area (Å²) in [5.74, 6) is -3.29. The molecule has 124 valence electrons. The fourth-order valence-corrected chi connectivity index (χ4v) is 2.85. The van der Waals surface area contributed by atoms with Gasteiger partial charge in [0.05, 0.1) is 5.56 Å². The summed E-state index contributed by atoms with van der Waals surface area (Å²) in [5.41, 5.74) is 0.360. The van der Waals surface area contributed by atoms with Crippen molar-refractivity contribution in [2.75, 3.05) is 6.61 Å². The Morgan fingerprint density at radius 2 is 1.78 bits per heavy atom. The van der Waals surface area contributed by atoms with E-state index in [4.69, 9.17) is 19.3 Å². The van der Waals surface area contributed by atoms with E-state index in [9.17, 15) is 19.8 Å². The summed E-state index contributed by atoms with van der Waals surface area (Å²) in [7, 11) is 0. The molecule has 2 aliphatic rings. The van der Waals surface area contributed by atoms with Crippen LogP contribution in [0.15, 0.2) is 30.3 Å². The third-order valence-electron chi connectivity index (χ3n) is 4.00. The summed E-state index contributed by atoms with van der Waals surface area (Å²) < 4.78 is 15.7. The molecule has 2 fully saturated rings. The fourth-order valence-electron chi connectivity index (χ4n) is 2.85. The molecule has 2 bridgehead atoms. The van der Waals surface area contributed by atoms with Crippen molar-refractivity contribution in [3.63, 3.8) is 0 Å². The molecule has 0 aromatic heterocycles. The second-order valence-electron chi connectivity index (χ2n) is 5.45. The maximum absolute atomic E-state index is 11.9. The number of rotatable bonds is 4. The molecule has 8 nitrogen and oxygen atoms in total. The van der Waals surface area contributed by atoms with Crippen LogP contribution in [0.4, 0.5) is 0 Å². The first-order chi connectivity index (χ1) is 11.0. The highest BCUT2D eigenvalue weighted by molar-refractivity contribution is 5.89. The second kappa shape index (κ2) is 6.25. The number of benzene rings is 1. The molecule has 2 saturated heterocycles. The smallest absolute Gasteiger partial charge is 0.338 e. The topological polar surface area (TPSA) is 123 Å². The number of hydrogen-bond acceptors (Lipinski definition) is 7. The highest BCUT2D eigenvalue weighted by Gasteiger charge is 2.57. The molecule has 2 heterocycles. The van der Waals surface area contributed by atoms with E-state index in [1.54, 1.807) is 30.3 Å². The molecule has 0 amide bonds. The minimum Gasteiger partial charge on any atom is -0.481 e. The van der Waals surface area contributed by atoms with E-state index >= 15 is 0 Å². The van der Waals surface area contributed by atoms with Gasteiger partial charge in [-0.05, 0) is 12.1 Å². The summed E-state index contributed by atoms with van der Waals surface area (Å²) in [4.78, 5) is 23.0. The van der Waals surface area contributed by atoms with Crippen molar-refractivity contribution >= 4 is 11.9 Å². The molecule has 2 aliphatic heterocycles. The number of carboxylic acids is 1. The van der Waals surface area contributed by atoms with Gasteiger partial charge in [0.1, 0.15) is 36.9 Å². The zero-order valence-electron chi connectivity index (χ0n) is 11.9. The summed E-state index contributed by atoms with van der Waals surface area (Å²) in [5, 5.41) is 28.8. The lowest BCUT2D eigenvalue weighted by molar-refractivity contribution is -0.227. The number of carboxylic acid groups (broad SMARTS) is 1. The van der Waals surface area contributed by atoms with Crippen molar-refractivity contribution < 1.29 is 39.1 Å². The SMILES string of the molecule is O=C(OCC1OC2C(O)C1OC(O)C2C(=O)O)c1ccccc1. The Labute approximate surface area is 131 Å². The maximum atomic E-state index is 11.9. The Bertz CT molecular complexity index is 588. The standard InChI is InChI=1S/C15H16O8/c16-10-11-8(6-21-14(19)7-4-2-1-3-5-7)22-12(10)9(13(17)18)15(20)23-11/h1-5,8-12,15-16,20H,6H2,(H,17,18). The van der Waals surface area contributed by atoms with Crippen molar-refractivity contribution in [3.05, 3.63) is 35.9 Å². The molecule has 0 spiro atoms. The van der Waals surface area contributed by atoms with Crippen LogP contribution in [0, 0.1) is 5.92 Å². The third-order valence-corrected chi connectivity index (χ3v) is 4.00. The lowest BCUT2D eigenvalue weighted by Crippen LogP contribution is -2.53. The lowest BCUT2D eigenvalue weighted by Gasteiger charge is -2.33. The van der Waals surface area contributed by atoms with Gasteiger partial charge in [-0.2, -0.15) is 0 Å². The van der Waals surface area contributed by atoms with E-state index in [1.165, 1.54) is 0 Å². The molecule has 6 atom stereocenters. The van der Waals surface area contributed by atoms with Crippen LogP contribution in [0.25, 0.3) is 0 Å². The van der Waals surface area contributed by atoms with Gasteiger partial charge in [-0.1, -0.05) is 18.2 Å². The van der Waals surface area contributed by atoms with Crippen molar-refractivity contribution in [1.82, 2.24) is 0 Å². The number of hydrogen-bond donors (Lipinski definition) is 3. The summed E-state index contributed by atoms with van der Waals surface area (Å²) in [6.45, 7) is -0.217. The quantitative estimate of drug-likeness (QED) is 0.627. The Hall–Kier alpha value is -2.00. The van der Waals surface area contributed by atoms with Gasteiger partial charge in [0, 0.05) is 0 Å². The first-order valence-electron chi connectivity index (χ1n) is 7.11. The Balaban J connectivity index is 1.64. The minimum absolute atomic E-state index is 0.217. The number of aliphatic hydroxyl groups is 2. The van der Waals surface area contributed by atoms with Gasteiger partial charge in [-0.15, -0.1) is 0 Å². The summed E-state index contributed by atoms with van der Waals surface area (Å²) >= 11 is 0. The third kappa shape index (κ3) is 2.93. The normalized spacial score (nSPS) is 35.7. The minimum atomic E-state index is -1.58. The molecule has 1 aromatic rings. The Morgan fingerprint density at radius 1 is 1.09 bits per heavy atom. The van der Waals surface area contributed by atoms with Crippen LogP contribution in [-0.4, -0.2) is 64.6 Å². The molecule has 0 aliphatic carbocycles. The van der Waals surface area contributed by atoms with E-state index in [-0.39, 0.29) is 6.61 Å². The summed E-state index contributed by atoms with van der Waals surface area (Å²) in [6.07, 6.45) is -5.70. The number of aliphatic carboxylic acids is 1. The van der Waals surface area contributed by atoms with E-state index in [2.05, 4.69) is 0 Å². The van der Waals surface area contributed by atoms with Crippen molar-refractivity contribution in [3.8, 4) is 0 Å². The first kappa shape index (κ1) is 15.9. The van der Waals surface area contributed by atoms with Gasteiger partial charge in [-0.25, -0.2) is 4.79 Å². The van der Waals surface area contributed by atoms with Gasteiger partial charge in [0.15, 0.2) is 6.29 Å². The molecule has 3 N–H and O–H groups in total. The van der Waals surface area contributed by atoms with Crippen LogP contribution in [-0.2, 0) is 19.0 Å². The molecule has 1 aromatic carbocycles. The number of esters is 1. The second-order valence-corrected chi connectivity index (χ2v) is 5.45. The highest BCUT2D eigenvalue weighted by Crippen LogP contribution is 2.37. The van der Waals surface area contributed by atoms with Gasteiger partial charge < -0.3 is 29.5 Å². The number of fused-ring (bicyclic) bond motifs is 2. The Morgan fingerprint density at radius 3 is 2.43 bits per heavy atom. The summed E-state index contributed by atoms with van der Waals surface area (Å²) in [6, 6.07) is 8.32. The molecular weight excluding hydrogens is 308 g/mol. The van der Waals surface area contributed by atoms with E-state index in [0.29, 0.717) is 5.56 Å². The molecule has 0 saturated carbocycles. The van der Waals surface area contributed by atoms with Crippen LogP contribution in [0.5, 0.6) is 0 Å². The predicted molar refractivity (Wildman–Crippen MR) is 73.4 cm³/mol. The number of aliphatic hydroxyl groups excluding tert-OH is 2. The van der Waals surface area contributed by atoms with E-state index in [1.807, 2.05) is 0 Å². The first-order valence-corrected chi connectivity index (χ1v) is 7.11. The average molecular weight is 324 g/mol. The van der Waals surface area contributed by atoms with Gasteiger partial charge in [-0.3, -0.25) is 4.79 Å². The predicted octanol–water partition coefficient (Wildman–Crippen LogP) is -0.610. The van der Waals surface area contributed by atoms with Crippen LogP contribution in [0.1, 0.15) is 10.4 Å². The zero-order valence-corrected chi connectivity index (χ0v) is 11.9. The van der Waals surface area contributed by atoms with Gasteiger partial charge in [0.25, 0.3) is 0 Å². The lowest BCUT2D eigenvalue weighted by atomic mass is 9.92. The largest absolute Gasteiger partial charge is 0.481 e.